The minimum absolute atomic E-state index is 0.0510. The van der Waals surface area contributed by atoms with Crippen molar-refractivity contribution in [2.45, 2.75) is 20.4 Å². The number of benzene rings is 2. The molecule has 1 heterocycles. The number of amides is 1. The van der Waals surface area contributed by atoms with Crippen molar-refractivity contribution in [3.63, 3.8) is 0 Å². The number of likely N-dealkylation sites (N-methyl/N-ethyl adjacent to an activating group) is 1. The summed E-state index contributed by atoms with van der Waals surface area (Å²) in [5.41, 5.74) is 4.27. The molecule has 0 atom stereocenters. The highest BCUT2D eigenvalue weighted by atomic mass is 35.5. The molecule has 0 aliphatic carbocycles. The van der Waals surface area contributed by atoms with Gasteiger partial charge in [0.25, 0.3) is 5.91 Å². The minimum Gasteiger partial charge on any atom is -0.484 e. The van der Waals surface area contributed by atoms with E-state index in [0.29, 0.717) is 28.6 Å². The van der Waals surface area contributed by atoms with Crippen LogP contribution in [0.3, 0.4) is 0 Å². The standard InChI is InChI=1S/C25H26ClN3O3/c1-17-5-7-19(8-6-17)15-29-25(26)22(18(2)27-29)13-14-23(30)20-9-11-21(12-10-20)32-16-24(31)28(3)4/h5-14H,15-16H2,1-4H3/b14-13+. The number of ether oxygens (including phenoxy) is 1. The second kappa shape index (κ2) is 10.3. The quantitative estimate of drug-likeness (QED) is 0.372. The molecule has 0 saturated heterocycles. The number of rotatable bonds is 8. The van der Waals surface area contributed by atoms with Crippen LogP contribution in [0, 0.1) is 13.8 Å². The van der Waals surface area contributed by atoms with Crippen LogP contribution in [0.1, 0.15) is 32.7 Å². The maximum absolute atomic E-state index is 12.6. The van der Waals surface area contributed by atoms with Crippen LogP contribution in [0.2, 0.25) is 5.15 Å². The first-order valence-corrected chi connectivity index (χ1v) is 10.6. The number of ketones is 1. The minimum atomic E-state index is -0.164. The predicted molar refractivity (Wildman–Crippen MR) is 126 cm³/mol. The maximum atomic E-state index is 12.6. The molecule has 166 valence electrons. The van der Waals surface area contributed by atoms with Gasteiger partial charge in [-0.1, -0.05) is 41.4 Å². The fourth-order valence-corrected chi connectivity index (χ4v) is 3.27. The molecular formula is C25H26ClN3O3. The van der Waals surface area contributed by atoms with Gasteiger partial charge in [-0.3, -0.25) is 9.59 Å². The molecule has 0 saturated carbocycles. The summed E-state index contributed by atoms with van der Waals surface area (Å²) in [4.78, 5) is 25.6. The van der Waals surface area contributed by atoms with Gasteiger partial charge in [-0.25, -0.2) is 4.68 Å². The second-order valence-corrected chi connectivity index (χ2v) is 8.09. The molecule has 0 aliphatic heterocycles. The number of aryl methyl sites for hydroxylation is 2. The number of hydrogen-bond acceptors (Lipinski definition) is 4. The zero-order valence-electron chi connectivity index (χ0n) is 18.6. The van der Waals surface area contributed by atoms with Crippen molar-refractivity contribution >= 4 is 29.4 Å². The van der Waals surface area contributed by atoms with Crippen LogP contribution in [0.15, 0.2) is 54.6 Å². The Labute approximate surface area is 193 Å². The van der Waals surface area contributed by atoms with Crippen LogP contribution in [0.4, 0.5) is 0 Å². The fraction of sp³-hybridized carbons (Fsp3) is 0.240. The molecule has 0 radical (unpaired) electrons. The molecule has 1 amide bonds. The van der Waals surface area contributed by atoms with Gasteiger partial charge in [0, 0.05) is 25.2 Å². The highest BCUT2D eigenvalue weighted by Crippen LogP contribution is 2.23. The number of halogens is 1. The first-order valence-electron chi connectivity index (χ1n) is 10.2. The van der Waals surface area contributed by atoms with E-state index in [1.54, 1.807) is 49.1 Å². The molecule has 0 aliphatic rings. The van der Waals surface area contributed by atoms with Crippen LogP contribution in [0.5, 0.6) is 5.75 Å². The van der Waals surface area contributed by atoms with Crippen LogP contribution < -0.4 is 4.74 Å². The van der Waals surface area contributed by atoms with Gasteiger partial charge >= 0.3 is 0 Å². The summed E-state index contributed by atoms with van der Waals surface area (Å²) >= 11 is 6.53. The third kappa shape index (κ3) is 5.86. The van der Waals surface area contributed by atoms with Crippen LogP contribution in [-0.4, -0.2) is 47.1 Å². The molecule has 0 fully saturated rings. The van der Waals surface area contributed by atoms with E-state index < -0.39 is 0 Å². The monoisotopic (exact) mass is 451 g/mol. The zero-order valence-corrected chi connectivity index (χ0v) is 19.4. The molecule has 0 spiro atoms. The summed E-state index contributed by atoms with van der Waals surface area (Å²) < 4.78 is 7.16. The molecular weight excluding hydrogens is 426 g/mol. The number of hydrogen-bond donors (Lipinski definition) is 0. The van der Waals surface area contributed by atoms with E-state index in [2.05, 4.69) is 17.2 Å². The zero-order chi connectivity index (χ0) is 23.3. The van der Waals surface area contributed by atoms with E-state index in [1.165, 1.54) is 16.5 Å². The molecule has 0 unspecified atom stereocenters. The highest BCUT2D eigenvalue weighted by molar-refractivity contribution is 6.31. The van der Waals surface area contributed by atoms with Gasteiger partial charge in [0.2, 0.25) is 0 Å². The normalized spacial score (nSPS) is 11.0. The Morgan fingerprint density at radius 2 is 1.72 bits per heavy atom. The van der Waals surface area contributed by atoms with E-state index in [1.807, 2.05) is 26.0 Å². The summed E-state index contributed by atoms with van der Waals surface area (Å²) in [5, 5.41) is 5.00. The van der Waals surface area contributed by atoms with Crippen molar-refractivity contribution in [2.75, 3.05) is 20.7 Å². The Morgan fingerprint density at radius 1 is 1.06 bits per heavy atom. The van der Waals surface area contributed by atoms with E-state index in [-0.39, 0.29) is 18.3 Å². The highest BCUT2D eigenvalue weighted by Gasteiger charge is 2.12. The molecule has 32 heavy (non-hydrogen) atoms. The summed E-state index contributed by atoms with van der Waals surface area (Å²) in [7, 11) is 3.33. The van der Waals surface area contributed by atoms with Crippen molar-refractivity contribution in [1.82, 2.24) is 14.7 Å². The lowest BCUT2D eigenvalue weighted by molar-refractivity contribution is -0.130. The number of allylic oxidation sites excluding steroid dienone is 1. The van der Waals surface area contributed by atoms with Crippen molar-refractivity contribution in [3.05, 3.63) is 87.7 Å². The van der Waals surface area contributed by atoms with E-state index in [4.69, 9.17) is 16.3 Å². The molecule has 0 N–H and O–H groups in total. The van der Waals surface area contributed by atoms with Gasteiger partial charge in [0.15, 0.2) is 12.4 Å². The average molecular weight is 452 g/mol. The summed E-state index contributed by atoms with van der Waals surface area (Å²) in [6, 6.07) is 14.9. The first kappa shape index (κ1) is 23.3. The lowest BCUT2D eigenvalue weighted by Crippen LogP contribution is -2.27. The Balaban J connectivity index is 1.66. The van der Waals surface area contributed by atoms with Gasteiger partial charge in [-0.05, 0) is 55.8 Å². The third-order valence-electron chi connectivity index (χ3n) is 4.96. The number of nitrogens with zero attached hydrogens (tertiary/aromatic N) is 3. The molecule has 2 aromatic carbocycles. The molecule has 7 heteroatoms. The summed E-state index contributed by atoms with van der Waals surface area (Å²) in [6.45, 7) is 4.41. The Bertz CT molecular complexity index is 1130. The van der Waals surface area contributed by atoms with Gasteiger partial charge in [-0.2, -0.15) is 5.10 Å². The molecule has 3 aromatic rings. The lowest BCUT2D eigenvalue weighted by Gasteiger charge is -2.11. The van der Waals surface area contributed by atoms with Gasteiger partial charge in [-0.15, -0.1) is 0 Å². The van der Waals surface area contributed by atoms with Crippen LogP contribution >= 0.6 is 11.6 Å². The SMILES string of the molecule is Cc1ccc(Cn2nc(C)c(/C=C/C(=O)c3ccc(OCC(=O)N(C)C)cc3)c2Cl)cc1. The number of carbonyl (C=O) groups excluding carboxylic acids is 2. The van der Waals surface area contributed by atoms with Crippen molar-refractivity contribution < 1.29 is 14.3 Å². The van der Waals surface area contributed by atoms with Crippen LogP contribution in [0.25, 0.3) is 6.08 Å². The topological polar surface area (TPSA) is 64.4 Å². The Hall–Kier alpha value is -3.38. The smallest absolute Gasteiger partial charge is 0.259 e. The third-order valence-corrected chi connectivity index (χ3v) is 5.36. The average Bonchev–Trinajstić information content (AvgIpc) is 3.04. The van der Waals surface area contributed by atoms with Gasteiger partial charge in [0.05, 0.1) is 12.2 Å². The second-order valence-electron chi connectivity index (χ2n) is 7.73. The summed E-state index contributed by atoms with van der Waals surface area (Å²) in [6.07, 6.45) is 3.18. The van der Waals surface area contributed by atoms with Gasteiger partial charge in [0.1, 0.15) is 10.9 Å². The predicted octanol–water partition coefficient (Wildman–Crippen LogP) is 4.56. The van der Waals surface area contributed by atoms with E-state index in [9.17, 15) is 9.59 Å². The van der Waals surface area contributed by atoms with Crippen molar-refractivity contribution in [1.29, 1.82) is 0 Å². The molecule has 6 nitrogen and oxygen atoms in total. The van der Waals surface area contributed by atoms with Crippen molar-refractivity contribution in [3.8, 4) is 5.75 Å². The molecule has 0 bridgehead atoms. The molecule has 3 rings (SSSR count). The van der Waals surface area contributed by atoms with E-state index in [0.717, 1.165) is 11.3 Å². The van der Waals surface area contributed by atoms with E-state index >= 15 is 0 Å². The Kier molecular flexibility index (Phi) is 7.49. The first-order chi connectivity index (χ1) is 15.2. The largest absolute Gasteiger partial charge is 0.484 e. The van der Waals surface area contributed by atoms with Gasteiger partial charge < -0.3 is 9.64 Å². The van der Waals surface area contributed by atoms with Crippen molar-refractivity contribution in [2.24, 2.45) is 0 Å². The number of aromatic nitrogens is 2. The fourth-order valence-electron chi connectivity index (χ4n) is 2.97. The number of carbonyl (C=O) groups is 2. The summed E-state index contributed by atoms with van der Waals surface area (Å²) in [5.74, 6) is 0.225. The van der Waals surface area contributed by atoms with Crippen LogP contribution in [-0.2, 0) is 11.3 Å². The lowest BCUT2D eigenvalue weighted by atomic mass is 10.1. The molecule has 1 aromatic heterocycles. The Morgan fingerprint density at radius 3 is 2.34 bits per heavy atom. The maximum Gasteiger partial charge on any atom is 0.259 e.